The highest BCUT2D eigenvalue weighted by Crippen LogP contribution is 2.25. The quantitative estimate of drug-likeness (QED) is 0.886. The Labute approximate surface area is 122 Å². The lowest BCUT2D eigenvalue weighted by Gasteiger charge is -2.25. The third kappa shape index (κ3) is 2.77. The van der Waals surface area contributed by atoms with Crippen molar-refractivity contribution in [3.8, 4) is 0 Å². The van der Waals surface area contributed by atoms with Crippen LogP contribution in [0.5, 0.6) is 0 Å². The molecule has 1 atom stereocenters. The molecule has 0 radical (unpaired) electrons. The van der Waals surface area contributed by atoms with Crippen LogP contribution in [-0.4, -0.2) is 22.5 Å². The largest absolute Gasteiger partial charge is 0.480 e. The Morgan fingerprint density at radius 2 is 2.00 bits per heavy atom. The summed E-state index contributed by atoms with van der Waals surface area (Å²) in [6.07, 6.45) is 1.01. The predicted molar refractivity (Wildman–Crippen MR) is 79.4 cm³/mol. The van der Waals surface area contributed by atoms with Gasteiger partial charge >= 0.3 is 5.97 Å². The van der Waals surface area contributed by atoms with Crippen LogP contribution in [0.15, 0.2) is 28.7 Å². The highest BCUT2D eigenvalue weighted by molar-refractivity contribution is 6.01. The van der Waals surface area contributed by atoms with Gasteiger partial charge in [0.1, 0.15) is 11.1 Å². The number of hydrogen-bond donors (Lipinski definition) is 2. The van der Waals surface area contributed by atoms with Crippen molar-refractivity contribution in [2.45, 2.75) is 39.2 Å². The molecule has 1 unspecified atom stereocenters. The number of nitrogens with one attached hydrogen (secondary N) is 1. The van der Waals surface area contributed by atoms with Crippen LogP contribution in [0, 0.1) is 6.92 Å². The summed E-state index contributed by atoms with van der Waals surface area (Å²) in [6, 6.07) is 7.34. The average Bonchev–Trinajstić information content (AvgIpc) is 2.77. The Bertz CT molecular complexity index is 689. The second-order valence-electron chi connectivity index (χ2n) is 5.39. The first kappa shape index (κ1) is 15.1. The maximum atomic E-state index is 12.4. The number of aryl methyl sites for hydroxylation is 1. The van der Waals surface area contributed by atoms with Crippen molar-refractivity contribution in [2.24, 2.45) is 0 Å². The molecule has 0 bridgehead atoms. The molecule has 0 aliphatic carbocycles. The van der Waals surface area contributed by atoms with Crippen LogP contribution in [-0.2, 0) is 4.79 Å². The third-order valence-electron chi connectivity index (χ3n) is 3.66. The summed E-state index contributed by atoms with van der Waals surface area (Å²) in [7, 11) is 0. The number of carboxylic acid groups (broad SMARTS) is 1. The molecule has 0 spiro atoms. The summed E-state index contributed by atoms with van der Waals surface area (Å²) >= 11 is 0. The van der Waals surface area contributed by atoms with Crippen molar-refractivity contribution in [1.82, 2.24) is 5.32 Å². The summed E-state index contributed by atoms with van der Waals surface area (Å²) in [4.78, 5) is 23.8. The van der Waals surface area contributed by atoms with Gasteiger partial charge in [-0.05, 0) is 26.3 Å². The van der Waals surface area contributed by atoms with E-state index in [1.165, 1.54) is 6.92 Å². The van der Waals surface area contributed by atoms with E-state index in [4.69, 9.17) is 4.42 Å². The Morgan fingerprint density at radius 3 is 2.57 bits per heavy atom. The number of aliphatic carboxylic acids is 1. The van der Waals surface area contributed by atoms with Crippen LogP contribution >= 0.6 is 0 Å². The van der Waals surface area contributed by atoms with Crippen molar-refractivity contribution in [3.63, 3.8) is 0 Å². The van der Waals surface area contributed by atoms with Crippen molar-refractivity contribution >= 4 is 22.8 Å². The summed E-state index contributed by atoms with van der Waals surface area (Å²) in [5.41, 5.74) is 0.0389. The predicted octanol–water partition coefficient (Wildman–Crippen LogP) is 3.11. The van der Waals surface area contributed by atoms with Crippen molar-refractivity contribution in [3.05, 3.63) is 35.6 Å². The highest BCUT2D eigenvalue weighted by Gasteiger charge is 2.35. The monoisotopic (exact) mass is 289 g/mol. The molecule has 21 heavy (non-hydrogen) atoms. The molecule has 0 fully saturated rings. The number of carboxylic acids is 1. The van der Waals surface area contributed by atoms with E-state index < -0.39 is 17.4 Å². The highest BCUT2D eigenvalue weighted by atomic mass is 16.4. The molecule has 1 heterocycles. The van der Waals surface area contributed by atoms with Gasteiger partial charge in [-0.3, -0.25) is 4.79 Å². The van der Waals surface area contributed by atoms with E-state index in [2.05, 4.69) is 5.32 Å². The van der Waals surface area contributed by atoms with Crippen molar-refractivity contribution in [1.29, 1.82) is 0 Å². The van der Waals surface area contributed by atoms with E-state index in [0.29, 0.717) is 24.0 Å². The van der Waals surface area contributed by atoms with E-state index >= 15 is 0 Å². The number of hydrogen-bond acceptors (Lipinski definition) is 3. The van der Waals surface area contributed by atoms with E-state index in [1.807, 2.05) is 25.1 Å². The Morgan fingerprint density at radius 1 is 1.33 bits per heavy atom. The van der Waals surface area contributed by atoms with Crippen LogP contribution in [0.1, 0.15) is 42.8 Å². The third-order valence-corrected chi connectivity index (χ3v) is 3.66. The lowest BCUT2D eigenvalue weighted by atomic mass is 9.96. The van der Waals surface area contributed by atoms with Crippen LogP contribution in [0.4, 0.5) is 0 Å². The molecule has 1 aromatic heterocycles. The molecule has 1 aromatic carbocycles. The first-order valence-electron chi connectivity index (χ1n) is 6.93. The minimum Gasteiger partial charge on any atom is -0.480 e. The molecule has 0 aliphatic rings. The lowest BCUT2D eigenvalue weighted by Crippen LogP contribution is -2.52. The molecule has 0 saturated carbocycles. The van der Waals surface area contributed by atoms with E-state index in [1.54, 1.807) is 13.0 Å². The minimum absolute atomic E-state index is 0.166. The fraction of sp³-hybridized carbons (Fsp3) is 0.375. The van der Waals surface area contributed by atoms with Gasteiger partial charge in [0.25, 0.3) is 5.91 Å². The lowest BCUT2D eigenvalue weighted by molar-refractivity contribution is -0.144. The molecule has 5 heteroatoms. The fourth-order valence-electron chi connectivity index (χ4n) is 2.42. The molecule has 5 nitrogen and oxygen atoms in total. The second-order valence-corrected chi connectivity index (χ2v) is 5.39. The van der Waals surface area contributed by atoms with E-state index in [-0.39, 0.29) is 5.76 Å². The molecular weight excluding hydrogens is 270 g/mol. The van der Waals surface area contributed by atoms with Gasteiger partial charge in [-0.15, -0.1) is 0 Å². The molecule has 112 valence electrons. The molecule has 2 rings (SSSR count). The second kappa shape index (κ2) is 5.60. The Kier molecular flexibility index (Phi) is 4.02. The maximum absolute atomic E-state index is 12.4. The molecule has 2 N–H and O–H groups in total. The molecule has 0 aliphatic heterocycles. The number of rotatable bonds is 5. The van der Waals surface area contributed by atoms with Gasteiger partial charge in [-0.2, -0.15) is 0 Å². The molecule has 2 aromatic rings. The number of fused-ring (bicyclic) bond motifs is 1. The van der Waals surface area contributed by atoms with Gasteiger partial charge < -0.3 is 14.8 Å². The zero-order valence-corrected chi connectivity index (χ0v) is 12.4. The van der Waals surface area contributed by atoms with E-state index in [0.717, 1.165) is 5.39 Å². The standard InChI is InChI=1S/C16H19NO4/c1-4-9-16(3,15(19)20)17-14(18)13-10(2)11-7-5-6-8-12(11)21-13/h5-8H,4,9H2,1-3H3,(H,17,18)(H,19,20). The van der Waals surface area contributed by atoms with Crippen molar-refractivity contribution < 1.29 is 19.1 Å². The smallest absolute Gasteiger partial charge is 0.329 e. The summed E-state index contributed by atoms with van der Waals surface area (Å²) in [5, 5.41) is 12.8. The Hall–Kier alpha value is -2.30. The summed E-state index contributed by atoms with van der Waals surface area (Å²) < 4.78 is 5.56. The van der Waals surface area contributed by atoms with Gasteiger partial charge in [0.05, 0.1) is 0 Å². The summed E-state index contributed by atoms with van der Waals surface area (Å²) in [6.45, 7) is 5.17. The normalized spacial score (nSPS) is 13.9. The SMILES string of the molecule is CCCC(C)(NC(=O)c1oc2ccccc2c1C)C(=O)O. The minimum atomic E-state index is -1.29. The van der Waals surface area contributed by atoms with Crippen LogP contribution in [0.3, 0.4) is 0 Å². The molecule has 1 amide bonds. The van der Waals surface area contributed by atoms with Gasteiger partial charge in [0.15, 0.2) is 5.76 Å². The first-order chi connectivity index (χ1) is 9.89. The average molecular weight is 289 g/mol. The zero-order valence-electron chi connectivity index (χ0n) is 12.4. The maximum Gasteiger partial charge on any atom is 0.329 e. The van der Waals surface area contributed by atoms with Gasteiger partial charge in [-0.1, -0.05) is 31.5 Å². The van der Waals surface area contributed by atoms with Crippen LogP contribution < -0.4 is 5.32 Å². The number of furan rings is 1. The first-order valence-corrected chi connectivity index (χ1v) is 6.93. The number of carbonyl (C=O) groups is 2. The number of carbonyl (C=O) groups excluding carboxylic acids is 1. The fourth-order valence-corrected chi connectivity index (χ4v) is 2.42. The number of benzene rings is 1. The van der Waals surface area contributed by atoms with Crippen LogP contribution in [0.25, 0.3) is 11.0 Å². The van der Waals surface area contributed by atoms with Gasteiger partial charge in [-0.25, -0.2) is 4.79 Å². The molecule has 0 saturated heterocycles. The number of para-hydroxylation sites is 1. The summed E-state index contributed by atoms with van der Waals surface area (Å²) in [5.74, 6) is -1.38. The molecular formula is C16H19NO4. The topological polar surface area (TPSA) is 79.5 Å². The van der Waals surface area contributed by atoms with Gasteiger partial charge in [0, 0.05) is 10.9 Å². The van der Waals surface area contributed by atoms with Gasteiger partial charge in [0.2, 0.25) is 0 Å². The Balaban J connectivity index is 2.34. The zero-order chi connectivity index (χ0) is 15.6. The van der Waals surface area contributed by atoms with E-state index in [9.17, 15) is 14.7 Å². The van der Waals surface area contributed by atoms with Crippen molar-refractivity contribution in [2.75, 3.05) is 0 Å². The number of amides is 1. The van der Waals surface area contributed by atoms with Crippen LogP contribution in [0.2, 0.25) is 0 Å².